The van der Waals surface area contributed by atoms with Gasteiger partial charge >= 0.3 is 0 Å². The van der Waals surface area contributed by atoms with E-state index in [1.165, 1.54) is 0 Å². The van der Waals surface area contributed by atoms with Crippen molar-refractivity contribution in [2.24, 2.45) is 0 Å². The molecule has 1 atom stereocenters. The molecule has 2 aromatic rings. The highest BCUT2D eigenvalue weighted by Gasteiger charge is 2.13. The van der Waals surface area contributed by atoms with Crippen LogP contribution in [0.3, 0.4) is 0 Å². The van der Waals surface area contributed by atoms with Gasteiger partial charge in [0.2, 0.25) is 5.91 Å². The molecule has 3 nitrogen and oxygen atoms in total. The van der Waals surface area contributed by atoms with Gasteiger partial charge in [0.15, 0.2) is 0 Å². The lowest BCUT2D eigenvalue weighted by molar-refractivity contribution is -0.129. The van der Waals surface area contributed by atoms with E-state index in [1.807, 2.05) is 61.6 Å². The van der Waals surface area contributed by atoms with E-state index in [0.717, 1.165) is 22.6 Å². The molecule has 2 rings (SSSR count). The Morgan fingerprint density at radius 2 is 1.78 bits per heavy atom. The second-order valence-electron chi connectivity index (χ2n) is 5.63. The normalized spacial score (nSPS) is 12.0. The highest BCUT2D eigenvalue weighted by Crippen LogP contribution is 2.19. The van der Waals surface area contributed by atoms with Crippen molar-refractivity contribution in [1.29, 1.82) is 0 Å². The van der Waals surface area contributed by atoms with Gasteiger partial charge in [-0.3, -0.25) is 4.79 Å². The van der Waals surface area contributed by atoms with Gasteiger partial charge in [-0.15, -0.1) is 0 Å². The number of likely N-dealkylation sites (N-methyl/N-ethyl adjacent to an activating group) is 1. The zero-order chi connectivity index (χ0) is 16.7. The van der Waals surface area contributed by atoms with E-state index >= 15 is 0 Å². The quantitative estimate of drug-likeness (QED) is 0.831. The third kappa shape index (κ3) is 5.38. The molecule has 23 heavy (non-hydrogen) atoms. The molecule has 4 heteroatoms. The number of nitrogens with zero attached hydrogens (tertiary/aromatic N) is 1. The monoisotopic (exact) mass is 330 g/mol. The summed E-state index contributed by atoms with van der Waals surface area (Å²) in [6, 6.07) is 17.9. The first-order valence-corrected chi connectivity index (χ1v) is 8.24. The number of rotatable bonds is 7. The molecule has 0 aromatic heterocycles. The van der Waals surface area contributed by atoms with Crippen LogP contribution >= 0.6 is 11.6 Å². The average Bonchev–Trinajstić information content (AvgIpc) is 2.57. The minimum Gasteiger partial charge on any atom is -0.340 e. The maximum atomic E-state index is 12.3. The summed E-state index contributed by atoms with van der Waals surface area (Å²) in [6.45, 7) is 3.05. The van der Waals surface area contributed by atoms with Crippen molar-refractivity contribution in [3.8, 4) is 0 Å². The fourth-order valence-electron chi connectivity index (χ4n) is 2.48. The van der Waals surface area contributed by atoms with Gasteiger partial charge in [0.05, 0.1) is 6.54 Å². The molecule has 2 aromatic carbocycles. The molecule has 1 unspecified atom stereocenters. The average molecular weight is 331 g/mol. The number of carbonyl (C=O) groups excluding carboxylic acids is 1. The van der Waals surface area contributed by atoms with Crippen LogP contribution in [0.1, 0.15) is 30.5 Å². The summed E-state index contributed by atoms with van der Waals surface area (Å²) >= 11 is 5.92. The van der Waals surface area contributed by atoms with Crippen LogP contribution in [-0.4, -0.2) is 24.4 Å². The molecule has 0 spiro atoms. The Bertz CT molecular complexity index is 613. The van der Waals surface area contributed by atoms with Crippen LogP contribution in [-0.2, 0) is 11.3 Å². The number of benzene rings is 2. The van der Waals surface area contributed by atoms with Gasteiger partial charge in [0.25, 0.3) is 0 Å². The van der Waals surface area contributed by atoms with Gasteiger partial charge in [0.1, 0.15) is 0 Å². The van der Waals surface area contributed by atoms with Crippen LogP contribution < -0.4 is 5.32 Å². The lowest BCUT2D eigenvalue weighted by atomic mass is 10.0. The molecule has 0 radical (unpaired) electrons. The van der Waals surface area contributed by atoms with Crippen LogP contribution in [0.15, 0.2) is 54.6 Å². The minimum absolute atomic E-state index is 0.0845. The summed E-state index contributed by atoms with van der Waals surface area (Å²) in [5.41, 5.74) is 2.28. The maximum Gasteiger partial charge on any atom is 0.236 e. The Hall–Kier alpha value is -1.84. The van der Waals surface area contributed by atoms with Gasteiger partial charge in [0, 0.05) is 24.7 Å². The molecule has 0 bridgehead atoms. The third-order valence-electron chi connectivity index (χ3n) is 3.87. The van der Waals surface area contributed by atoms with Gasteiger partial charge in [-0.1, -0.05) is 61.0 Å². The molecule has 0 heterocycles. The van der Waals surface area contributed by atoms with E-state index in [-0.39, 0.29) is 11.9 Å². The first kappa shape index (κ1) is 17.5. The molecule has 0 fully saturated rings. The Balaban J connectivity index is 1.87. The lowest BCUT2D eigenvalue weighted by Gasteiger charge is -2.21. The Morgan fingerprint density at radius 1 is 1.13 bits per heavy atom. The van der Waals surface area contributed by atoms with Gasteiger partial charge < -0.3 is 10.2 Å². The summed E-state index contributed by atoms with van der Waals surface area (Å²) in [7, 11) is 1.83. The summed E-state index contributed by atoms with van der Waals surface area (Å²) in [6.07, 6.45) is 0.914. The number of hydrogen-bond donors (Lipinski definition) is 1. The Labute approximate surface area is 143 Å². The fraction of sp³-hybridized carbons (Fsp3) is 0.316. The standard InChI is InChI=1S/C19H23ClN2O/c1-3-18(16-9-11-17(20)12-10-16)21-13-19(23)22(2)14-15-7-5-4-6-8-15/h4-12,18,21H,3,13-14H2,1-2H3. The van der Waals surface area contributed by atoms with Crippen molar-refractivity contribution in [2.75, 3.05) is 13.6 Å². The zero-order valence-corrected chi connectivity index (χ0v) is 14.4. The predicted octanol–water partition coefficient (Wildman–Crippen LogP) is 4.04. The van der Waals surface area contributed by atoms with E-state index < -0.39 is 0 Å². The van der Waals surface area contributed by atoms with Crippen LogP contribution in [0, 0.1) is 0 Å². The zero-order valence-electron chi connectivity index (χ0n) is 13.6. The Kier molecular flexibility index (Phi) is 6.63. The Morgan fingerprint density at radius 3 is 2.39 bits per heavy atom. The van der Waals surface area contributed by atoms with Crippen molar-refractivity contribution in [3.05, 3.63) is 70.7 Å². The summed E-state index contributed by atoms with van der Waals surface area (Å²) in [4.78, 5) is 14.0. The third-order valence-corrected chi connectivity index (χ3v) is 4.12. The van der Waals surface area contributed by atoms with Crippen molar-refractivity contribution in [1.82, 2.24) is 10.2 Å². The van der Waals surface area contributed by atoms with Gasteiger partial charge in [-0.05, 0) is 29.7 Å². The molecule has 0 aliphatic rings. The van der Waals surface area contributed by atoms with E-state index in [9.17, 15) is 4.79 Å². The molecule has 122 valence electrons. The molecule has 1 amide bonds. The number of carbonyl (C=O) groups is 1. The fourth-order valence-corrected chi connectivity index (χ4v) is 2.61. The number of amides is 1. The highest BCUT2D eigenvalue weighted by molar-refractivity contribution is 6.30. The summed E-state index contributed by atoms with van der Waals surface area (Å²) in [5.74, 6) is 0.0845. The molecule has 1 N–H and O–H groups in total. The van der Waals surface area contributed by atoms with Crippen LogP contribution in [0.25, 0.3) is 0 Å². The van der Waals surface area contributed by atoms with Crippen molar-refractivity contribution in [2.45, 2.75) is 25.9 Å². The molecule has 0 aliphatic carbocycles. The minimum atomic E-state index is 0.0845. The smallest absolute Gasteiger partial charge is 0.236 e. The first-order chi connectivity index (χ1) is 11.1. The molecule has 0 saturated carbocycles. The second-order valence-corrected chi connectivity index (χ2v) is 6.07. The van der Waals surface area contributed by atoms with E-state index in [1.54, 1.807) is 4.90 Å². The van der Waals surface area contributed by atoms with Crippen molar-refractivity contribution >= 4 is 17.5 Å². The SMILES string of the molecule is CCC(NCC(=O)N(C)Cc1ccccc1)c1ccc(Cl)cc1. The predicted molar refractivity (Wildman–Crippen MR) is 95.4 cm³/mol. The van der Waals surface area contributed by atoms with E-state index in [0.29, 0.717) is 13.1 Å². The van der Waals surface area contributed by atoms with Crippen molar-refractivity contribution in [3.63, 3.8) is 0 Å². The number of halogens is 1. The molecular formula is C19H23ClN2O. The van der Waals surface area contributed by atoms with E-state index in [2.05, 4.69) is 12.2 Å². The van der Waals surface area contributed by atoms with E-state index in [4.69, 9.17) is 11.6 Å². The van der Waals surface area contributed by atoms with Crippen LogP contribution in [0.5, 0.6) is 0 Å². The second kappa shape index (κ2) is 8.70. The molecular weight excluding hydrogens is 308 g/mol. The van der Waals surface area contributed by atoms with Crippen LogP contribution in [0.4, 0.5) is 0 Å². The molecule has 0 saturated heterocycles. The lowest BCUT2D eigenvalue weighted by Crippen LogP contribution is -2.36. The number of hydrogen-bond acceptors (Lipinski definition) is 2. The van der Waals surface area contributed by atoms with Crippen LogP contribution in [0.2, 0.25) is 5.02 Å². The largest absolute Gasteiger partial charge is 0.340 e. The summed E-state index contributed by atoms with van der Waals surface area (Å²) in [5, 5.41) is 4.06. The van der Waals surface area contributed by atoms with Gasteiger partial charge in [-0.2, -0.15) is 0 Å². The maximum absolute atomic E-state index is 12.3. The van der Waals surface area contributed by atoms with Gasteiger partial charge in [-0.25, -0.2) is 0 Å². The highest BCUT2D eigenvalue weighted by atomic mass is 35.5. The molecule has 0 aliphatic heterocycles. The van der Waals surface area contributed by atoms with Crippen molar-refractivity contribution < 1.29 is 4.79 Å². The number of nitrogens with one attached hydrogen (secondary N) is 1. The summed E-state index contributed by atoms with van der Waals surface area (Å²) < 4.78 is 0. The first-order valence-electron chi connectivity index (χ1n) is 7.87. The topological polar surface area (TPSA) is 32.3 Å².